The molecule has 0 saturated heterocycles. The van der Waals surface area contributed by atoms with E-state index in [2.05, 4.69) is 32.9 Å². The van der Waals surface area contributed by atoms with Gasteiger partial charge in [0, 0.05) is 10.8 Å². The van der Waals surface area contributed by atoms with Gasteiger partial charge >= 0.3 is 5.97 Å². The minimum Gasteiger partial charge on any atom is -0.460 e. The average molecular weight is 349 g/mol. The van der Waals surface area contributed by atoms with Gasteiger partial charge in [-0.1, -0.05) is 57.5 Å². The van der Waals surface area contributed by atoms with E-state index >= 15 is 0 Å². The Labute approximate surface area is 148 Å². The van der Waals surface area contributed by atoms with Gasteiger partial charge < -0.3 is 9.84 Å². The molecule has 138 valence electrons. The fourth-order valence-corrected chi connectivity index (χ4v) is 3.81. The summed E-state index contributed by atoms with van der Waals surface area (Å²) < 4.78 is 5.55. The molecule has 0 aromatic heterocycles. The van der Waals surface area contributed by atoms with Gasteiger partial charge in [0.1, 0.15) is 6.10 Å². The Hall–Kier alpha value is -1.95. The van der Waals surface area contributed by atoms with Crippen LogP contribution in [0, 0.1) is 22.0 Å². The van der Waals surface area contributed by atoms with Crippen molar-refractivity contribution in [2.45, 2.75) is 57.7 Å². The number of rotatable bonds is 6. The van der Waals surface area contributed by atoms with E-state index in [-0.39, 0.29) is 17.4 Å². The van der Waals surface area contributed by atoms with Crippen LogP contribution in [0.4, 0.5) is 0 Å². The fraction of sp³-hybridized carbons (Fsp3) is 0.632. The van der Waals surface area contributed by atoms with Gasteiger partial charge in [0.05, 0.1) is 0 Å². The summed E-state index contributed by atoms with van der Waals surface area (Å²) in [6, 6.07) is 10.1. The van der Waals surface area contributed by atoms with Crippen LogP contribution in [-0.4, -0.2) is 34.8 Å². The largest absolute Gasteiger partial charge is 0.460 e. The minimum atomic E-state index is -1.72. The van der Waals surface area contributed by atoms with Crippen LogP contribution in [0.5, 0.6) is 0 Å². The minimum absolute atomic E-state index is 0.0952. The molecule has 1 N–H and O–H groups in total. The first-order valence-electron chi connectivity index (χ1n) is 8.77. The molecule has 1 aliphatic rings. The lowest BCUT2D eigenvalue weighted by molar-refractivity contribution is -0.488. The first-order chi connectivity index (χ1) is 11.7. The zero-order valence-electron chi connectivity index (χ0n) is 15.1. The molecule has 1 aromatic carbocycles. The fourth-order valence-electron chi connectivity index (χ4n) is 3.81. The summed E-state index contributed by atoms with van der Waals surface area (Å²) in [6.45, 7) is 5.56. The van der Waals surface area contributed by atoms with Gasteiger partial charge in [-0.3, -0.25) is 10.1 Å². The molecule has 1 aliphatic carbocycles. The van der Waals surface area contributed by atoms with Gasteiger partial charge in [-0.25, -0.2) is 4.79 Å². The number of aliphatic hydroxyl groups is 1. The van der Waals surface area contributed by atoms with Crippen molar-refractivity contribution >= 4 is 5.97 Å². The summed E-state index contributed by atoms with van der Waals surface area (Å²) in [6.07, 6.45) is 0.594. The SMILES string of the molecule is C[C@@H]1CC[C@@H](C(C)(C)c2ccccc2)[C@H](OC(=O)C(O)C[N+](=O)[O-])C1. The molecule has 0 spiro atoms. The molecule has 0 bridgehead atoms. The maximum Gasteiger partial charge on any atom is 0.342 e. The third-order valence-electron chi connectivity index (χ3n) is 5.36. The van der Waals surface area contributed by atoms with Crippen molar-refractivity contribution < 1.29 is 19.6 Å². The molecule has 1 aromatic rings. The summed E-state index contributed by atoms with van der Waals surface area (Å²) in [5.41, 5.74) is 0.960. The molecule has 2 rings (SSSR count). The average Bonchev–Trinajstić information content (AvgIpc) is 2.54. The molecule has 0 aliphatic heterocycles. The maximum absolute atomic E-state index is 12.1. The molecular formula is C19H27NO5. The van der Waals surface area contributed by atoms with E-state index in [9.17, 15) is 20.0 Å². The second-order valence-electron chi connectivity index (χ2n) is 7.62. The van der Waals surface area contributed by atoms with Crippen molar-refractivity contribution in [2.75, 3.05) is 6.54 Å². The number of hydrogen-bond donors (Lipinski definition) is 1. The molecule has 25 heavy (non-hydrogen) atoms. The lowest BCUT2D eigenvalue weighted by Crippen LogP contribution is -2.45. The number of nitrogens with zero attached hydrogens (tertiary/aromatic N) is 1. The smallest absolute Gasteiger partial charge is 0.342 e. The van der Waals surface area contributed by atoms with E-state index in [1.807, 2.05) is 18.2 Å². The quantitative estimate of drug-likeness (QED) is 0.484. The Kier molecular flexibility index (Phi) is 6.16. The van der Waals surface area contributed by atoms with Gasteiger partial charge in [-0.15, -0.1) is 0 Å². The second kappa shape index (κ2) is 7.95. The van der Waals surface area contributed by atoms with Crippen molar-refractivity contribution in [3.05, 3.63) is 46.0 Å². The Balaban J connectivity index is 2.17. The number of ether oxygens (including phenoxy) is 1. The van der Waals surface area contributed by atoms with Gasteiger partial charge in [0.2, 0.25) is 12.6 Å². The van der Waals surface area contributed by atoms with Crippen LogP contribution in [0.25, 0.3) is 0 Å². The van der Waals surface area contributed by atoms with Crippen LogP contribution >= 0.6 is 0 Å². The summed E-state index contributed by atoms with van der Waals surface area (Å²) in [5.74, 6) is -0.393. The number of nitro groups is 1. The molecule has 0 heterocycles. The van der Waals surface area contributed by atoms with Crippen LogP contribution in [0.1, 0.15) is 45.6 Å². The normalized spacial score (nSPS) is 25.2. The second-order valence-corrected chi connectivity index (χ2v) is 7.62. The van der Waals surface area contributed by atoms with E-state index in [0.717, 1.165) is 12.8 Å². The first-order valence-corrected chi connectivity index (χ1v) is 8.77. The number of benzene rings is 1. The van der Waals surface area contributed by atoms with Crippen LogP contribution in [0.3, 0.4) is 0 Å². The molecule has 6 nitrogen and oxygen atoms in total. The van der Waals surface area contributed by atoms with Gasteiger partial charge in [-0.2, -0.15) is 0 Å². The van der Waals surface area contributed by atoms with Crippen LogP contribution in [-0.2, 0) is 14.9 Å². The number of hydrogen-bond acceptors (Lipinski definition) is 5. The topological polar surface area (TPSA) is 89.7 Å². The van der Waals surface area contributed by atoms with E-state index < -0.39 is 23.5 Å². The lowest BCUT2D eigenvalue weighted by Gasteiger charge is -2.44. The summed E-state index contributed by atoms with van der Waals surface area (Å²) in [5, 5.41) is 20.2. The van der Waals surface area contributed by atoms with Gasteiger partial charge in [-0.05, 0) is 29.7 Å². The molecule has 0 radical (unpaired) electrons. The van der Waals surface area contributed by atoms with E-state index in [4.69, 9.17) is 4.74 Å². The standard InChI is InChI=1S/C19H27NO5/c1-13-9-10-15(19(2,3)14-7-5-4-6-8-14)17(11-13)25-18(22)16(21)12-20(23)24/h4-8,13,15-17,21H,9-12H2,1-3H3/t13-,15-,16?,17-/m1/s1. The molecular weight excluding hydrogens is 322 g/mol. The van der Waals surface area contributed by atoms with Crippen LogP contribution < -0.4 is 0 Å². The predicted molar refractivity (Wildman–Crippen MR) is 93.7 cm³/mol. The maximum atomic E-state index is 12.1. The molecule has 1 saturated carbocycles. The molecule has 4 atom stereocenters. The summed E-state index contributed by atoms with van der Waals surface area (Å²) in [4.78, 5) is 21.9. The van der Waals surface area contributed by atoms with Crippen molar-refractivity contribution in [2.24, 2.45) is 11.8 Å². The highest BCUT2D eigenvalue weighted by molar-refractivity contribution is 5.74. The van der Waals surface area contributed by atoms with Crippen LogP contribution in [0.15, 0.2) is 30.3 Å². The third-order valence-corrected chi connectivity index (χ3v) is 5.36. The van der Waals surface area contributed by atoms with Gasteiger partial charge in [0.15, 0.2) is 0 Å². The van der Waals surface area contributed by atoms with E-state index in [1.54, 1.807) is 0 Å². The van der Waals surface area contributed by atoms with Crippen molar-refractivity contribution in [3.63, 3.8) is 0 Å². The van der Waals surface area contributed by atoms with Crippen molar-refractivity contribution in [1.29, 1.82) is 0 Å². The monoisotopic (exact) mass is 349 g/mol. The summed E-state index contributed by atoms with van der Waals surface area (Å²) in [7, 11) is 0. The zero-order valence-corrected chi connectivity index (χ0v) is 15.1. The molecule has 1 fully saturated rings. The number of esters is 1. The third kappa shape index (κ3) is 4.78. The van der Waals surface area contributed by atoms with E-state index in [1.165, 1.54) is 5.56 Å². The highest BCUT2D eigenvalue weighted by Crippen LogP contribution is 2.43. The highest BCUT2D eigenvalue weighted by Gasteiger charge is 2.42. The molecule has 0 amide bonds. The summed E-state index contributed by atoms with van der Waals surface area (Å²) >= 11 is 0. The zero-order chi connectivity index (χ0) is 18.6. The lowest BCUT2D eigenvalue weighted by atomic mass is 9.64. The molecule has 1 unspecified atom stereocenters. The van der Waals surface area contributed by atoms with Crippen molar-refractivity contribution in [3.8, 4) is 0 Å². The Morgan fingerprint density at radius 1 is 1.36 bits per heavy atom. The number of carbonyl (C=O) groups excluding carboxylic acids is 1. The van der Waals surface area contributed by atoms with Crippen molar-refractivity contribution in [1.82, 2.24) is 0 Å². The Morgan fingerprint density at radius 3 is 2.60 bits per heavy atom. The van der Waals surface area contributed by atoms with E-state index in [0.29, 0.717) is 12.3 Å². The predicted octanol–water partition coefficient (Wildman–Crippen LogP) is 2.95. The molecule has 6 heteroatoms. The highest BCUT2D eigenvalue weighted by atomic mass is 16.6. The number of carbonyl (C=O) groups is 1. The first kappa shape index (κ1) is 19.4. The van der Waals surface area contributed by atoms with Gasteiger partial charge in [0.25, 0.3) is 0 Å². The number of aliphatic hydroxyl groups excluding tert-OH is 1. The Morgan fingerprint density at radius 2 is 2.00 bits per heavy atom. The Bertz CT molecular complexity index is 601. The van der Waals surface area contributed by atoms with Crippen LogP contribution in [0.2, 0.25) is 0 Å².